The molecule has 25 atom stereocenters. The van der Waals surface area contributed by atoms with Gasteiger partial charge in [-0.05, 0) is 85.5 Å². The zero-order chi connectivity index (χ0) is 49.1. The summed E-state index contributed by atoms with van der Waals surface area (Å²) in [7, 11) is 0. The van der Waals surface area contributed by atoms with Gasteiger partial charge in [-0.25, -0.2) is 0 Å². The summed E-state index contributed by atoms with van der Waals surface area (Å²) in [5, 5.41) is 142. The van der Waals surface area contributed by atoms with Crippen LogP contribution in [-0.2, 0) is 28.4 Å². The van der Waals surface area contributed by atoms with Crippen molar-refractivity contribution < 1.29 is 94.8 Å². The van der Waals surface area contributed by atoms with Crippen LogP contribution in [-0.4, -0.2) is 203 Å². The third-order valence-corrected chi connectivity index (χ3v) is 19.1. The topological polar surface area (TPSA) is 318 Å². The summed E-state index contributed by atoms with van der Waals surface area (Å²) in [4.78, 5) is 0. The molecule has 0 aromatic rings. The van der Waals surface area contributed by atoms with E-state index in [2.05, 4.69) is 32.9 Å². The van der Waals surface area contributed by atoms with E-state index in [-0.39, 0.29) is 36.9 Å². The Bertz CT molecular complexity index is 1850. The van der Waals surface area contributed by atoms with Crippen molar-refractivity contribution in [2.75, 3.05) is 26.4 Å². The second-order valence-electron chi connectivity index (χ2n) is 23.1. The number of ether oxygens (including phenoxy) is 6. The maximum absolute atomic E-state index is 12.1. The van der Waals surface area contributed by atoms with Crippen molar-refractivity contribution in [2.24, 2.45) is 44.3 Å². The molecule has 3 saturated carbocycles. The van der Waals surface area contributed by atoms with Gasteiger partial charge in [-0.3, -0.25) is 0 Å². The SMILES string of the molecule is C[C@H]1O[C@@H](O[C@H]2CC[C@@]3(C)[C@@H](CC[C@]4(C)[C@@H]3C=CC3=C5CC(C)(C)[C@@H](O)C[C@]5(CO)[C@@H](O)C[C@]34C)[C@]2(C)CO)[C@H](O[C@@H]2O[C@H](CO)[C@@H](O)[C@H](O)[C@H]2O)[C@@H](O[C@@H]2O[C@H](CO)[C@@H](O)[C@H](O)[C@H]2O)[C@H]1O. The summed E-state index contributed by atoms with van der Waals surface area (Å²) in [5.41, 5.74) is -1.45. The highest BCUT2D eigenvalue weighted by Crippen LogP contribution is 2.74. The predicted octanol–water partition coefficient (Wildman–Crippen LogP) is -1.52. The van der Waals surface area contributed by atoms with Crippen molar-refractivity contribution in [3.63, 3.8) is 0 Å². The molecule has 0 unspecified atom stereocenters. The van der Waals surface area contributed by atoms with Gasteiger partial charge in [0.2, 0.25) is 0 Å². The molecule has 6 fully saturated rings. The van der Waals surface area contributed by atoms with Crippen molar-refractivity contribution in [3.8, 4) is 0 Å². The number of aliphatic hydroxyl groups excluding tert-OH is 13. The molecule has 19 nitrogen and oxygen atoms in total. The quantitative estimate of drug-likeness (QED) is 0.111. The molecule has 0 bridgehead atoms. The van der Waals surface area contributed by atoms with E-state index < -0.39 is 151 Å². The molecule has 0 aromatic carbocycles. The predicted molar refractivity (Wildman–Crippen MR) is 233 cm³/mol. The van der Waals surface area contributed by atoms with Gasteiger partial charge in [-0.15, -0.1) is 0 Å². The molecule has 0 radical (unpaired) electrons. The number of rotatable bonds is 10. The van der Waals surface area contributed by atoms with Crippen LogP contribution in [0.15, 0.2) is 23.3 Å². The van der Waals surface area contributed by atoms with Crippen LogP contribution in [0.4, 0.5) is 0 Å². The van der Waals surface area contributed by atoms with Crippen molar-refractivity contribution >= 4 is 0 Å². The molecule has 0 aromatic heterocycles. The maximum Gasteiger partial charge on any atom is 0.187 e. The van der Waals surface area contributed by atoms with Gasteiger partial charge in [-0.2, -0.15) is 0 Å². The normalized spacial score (nSPS) is 55.3. The van der Waals surface area contributed by atoms with Gasteiger partial charge in [0.1, 0.15) is 67.1 Å². The van der Waals surface area contributed by atoms with Gasteiger partial charge in [0.15, 0.2) is 18.9 Å². The van der Waals surface area contributed by atoms with Gasteiger partial charge >= 0.3 is 0 Å². The van der Waals surface area contributed by atoms with Crippen LogP contribution in [0, 0.1) is 44.3 Å². The summed E-state index contributed by atoms with van der Waals surface area (Å²) in [6.07, 6.45) is -18.7. The van der Waals surface area contributed by atoms with Crippen LogP contribution in [0.5, 0.6) is 0 Å². The number of hydrogen-bond donors (Lipinski definition) is 13. The highest BCUT2D eigenvalue weighted by atomic mass is 16.8. The van der Waals surface area contributed by atoms with Crippen molar-refractivity contribution in [1.82, 2.24) is 0 Å². The van der Waals surface area contributed by atoms with Crippen LogP contribution in [0.25, 0.3) is 0 Å². The standard InChI is InChI=1S/C48H78O19/c1-21-31(55)38(66-40-36(60)34(58)32(56)24(17-49)63-40)39(67-41-37(61)35(59)33(57)25(18-50)64-41)42(62-21)65-30-11-12-44(4)26(45(30,5)19-51)10-13-46(6)27(44)9-8-22-23-14-43(2,3)28(53)16-48(23,20-52)29(54)15-47(22,46)7/h8-9,21,24-42,49-61H,10-20H2,1-7H3/t21-,24-,25-,26-,27-,28+,29+,30+,31+,32-,33-,34+,35+,36-,37-,38+,39-,40+,41+,42+,44+,45+,46-,47-,48-/m1/s1. The van der Waals surface area contributed by atoms with Crippen LogP contribution >= 0.6 is 0 Å². The molecular formula is C48H78O19. The van der Waals surface area contributed by atoms with E-state index in [9.17, 15) is 66.4 Å². The van der Waals surface area contributed by atoms with E-state index in [0.29, 0.717) is 32.1 Å². The van der Waals surface area contributed by atoms with E-state index >= 15 is 0 Å². The zero-order valence-electron chi connectivity index (χ0n) is 39.7. The minimum Gasteiger partial charge on any atom is -0.396 e. The third-order valence-electron chi connectivity index (χ3n) is 19.1. The highest BCUT2D eigenvalue weighted by molar-refractivity contribution is 5.47. The van der Waals surface area contributed by atoms with Crippen molar-refractivity contribution in [1.29, 1.82) is 0 Å². The van der Waals surface area contributed by atoms with Crippen LogP contribution in [0.1, 0.15) is 93.4 Å². The Morgan fingerprint density at radius 3 is 1.75 bits per heavy atom. The Balaban J connectivity index is 1.12. The fourth-order valence-corrected chi connectivity index (χ4v) is 14.5. The molecule has 5 aliphatic carbocycles. The summed E-state index contributed by atoms with van der Waals surface area (Å²) >= 11 is 0. The Labute approximate surface area is 391 Å². The Morgan fingerprint density at radius 2 is 1.19 bits per heavy atom. The minimum absolute atomic E-state index is 0.0179. The second kappa shape index (κ2) is 18.3. The molecule has 3 saturated heterocycles. The van der Waals surface area contributed by atoms with Gasteiger partial charge in [0, 0.05) is 16.2 Å². The monoisotopic (exact) mass is 959 g/mol. The second-order valence-corrected chi connectivity index (χ2v) is 23.1. The third kappa shape index (κ3) is 7.88. The summed E-state index contributed by atoms with van der Waals surface area (Å²) in [5.74, 6) is -0.161. The van der Waals surface area contributed by atoms with Crippen LogP contribution in [0.3, 0.4) is 0 Å². The highest BCUT2D eigenvalue weighted by Gasteiger charge is 2.69. The molecule has 19 heteroatoms. The van der Waals surface area contributed by atoms with Crippen molar-refractivity contribution in [3.05, 3.63) is 23.3 Å². The molecule has 8 rings (SSSR count). The number of allylic oxidation sites excluding steroid dienone is 3. The zero-order valence-corrected chi connectivity index (χ0v) is 39.7. The van der Waals surface area contributed by atoms with Crippen LogP contribution in [0.2, 0.25) is 0 Å². The Morgan fingerprint density at radius 1 is 0.612 bits per heavy atom. The minimum atomic E-state index is -1.90. The van der Waals surface area contributed by atoms with Gasteiger partial charge < -0.3 is 94.8 Å². The molecule has 13 N–H and O–H groups in total. The van der Waals surface area contributed by atoms with Crippen molar-refractivity contribution in [2.45, 2.75) is 204 Å². The Hall–Kier alpha value is -1.28. The molecule has 67 heavy (non-hydrogen) atoms. The first-order valence-corrected chi connectivity index (χ1v) is 24.2. The Kier molecular flexibility index (Phi) is 14.2. The molecule has 384 valence electrons. The smallest absolute Gasteiger partial charge is 0.187 e. The first-order valence-electron chi connectivity index (χ1n) is 24.2. The fraction of sp³-hybridized carbons (Fsp3) is 0.917. The van der Waals surface area contributed by atoms with E-state index in [1.807, 2.05) is 20.8 Å². The molecule has 0 amide bonds. The molecule has 3 aliphatic heterocycles. The first-order chi connectivity index (χ1) is 31.3. The number of aliphatic hydroxyl groups is 13. The van der Waals surface area contributed by atoms with E-state index in [4.69, 9.17) is 28.4 Å². The van der Waals surface area contributed by atoms with Crippen LogP contribution < -0.4 is 0 Å². The van der Waals surface area contributed by atoms with Gasteiger partial charge in [0.25, 0.3) is 0 Å². The maximum atomic E-state index is 12.1. The first kappa shape index (κ1) is 52.1. The molecule has 8 aliphatic rings. The number of fused-ring (bicyclic) bond motifs is 6. The lowest BCUT2D eigenvalue weighted by Crippen LogP contribution is -2.68. The molecule has 0 spiro atoms. The lowest BCUT2D eigenvalue weighted by molar-refractivity contribution is -0.398. The summed E-state index contributed by atoms with van der Waals surface area (Å²) < 4.78 is 37.1. The largest absolute Gasteiger partial charge is 0.396 e. The fourth-order valence-electron chi connectivity index (χ4n) is 14.5. The van der Waals surface area contributed by atoms with Gasteiger partial charge in [0.05, 0.1) is 50.8 Å². The summed E-state index contributed by atoms with van der Waals surface area (Å²) in [6.45, 7) is 12.3. The molecular weight excluding hydrogens is 881 g/mol. The van der Waals surface area contributed by atoms with Gasteiger partial charge in [-0.1, -0.05) is 59.3 Å². The average molecular weight is 959 g/mol. The lowest BCUT2D eigenvalue weighted by Gasteiger charge is -2.70. The van der Waals surface area contributed by atoms with E-state index in [0.717, 1.165) is 17.6 Å². The number of hydrogen-bond acceptors (Lipinski definition) is 19. The summed E-state index contributed by atoms with van der Waals surface area (Å²) in [6, 6.07) is 0. The average Bonchev–Trinajstić information content (AvgIpc) is 3.28. The molecule has 3 heterocycles. The van der Waals surface area contributed by atoms with E-state index in [1.165, 1.54) is 6.92 Å². The lowest BCUT2D eigenvalue weighted by atomic mass is 9.35. The van der Waals surface area contributed by atoms with E-state index in [1.54, 1.807) is 0 Å².